The van der Waals surface area contributed by atoms with E-state index < -0.39 is 0 Å². The van der Waals surface area contributed by atoms with Crippen molar-refractivity contribution in [2.75, 3.05) is 9.80 Å². The van der Waals surface area contributed by atoms with Gasteiger partial charge in [0.15, 0.2) is 0 Å². The van der Waals surface area contributed by atoms with Crippen LogP contribution in [-0.2, 0) is 12.8 Å². The van der Waals surface area contributed by atoms with Gasteiger partial charge in [-0.2, -0.15) is 0 Å². The van der Waals surface area contributed by atoms with Crippen LogP contribution >= 0.6 is 0 Å². The van der Waals surface area contributed by atoms with Crippen LogP contribution in [0.1, 0.15) is 63.1 Å². The van der Waals surface area contributed by atoms with Crippen LogP contribution in [0.15, 0.2) is 209 Å². The van der Waals surface area contributed by atoms with Crippen LogP contribution in [0.4, 0.5) is 34.1 Å². The average molecular weight is 895 g/mol. The second-order valence-electron chi connectivity index (χ2n) is 18.7. The maximum Gasteiger partial charge on any atom is 0.136 e. The minimum atomic E-state index is 0.253. The number of aryl methyl sites for hydroxylation is 2. The number of hydrogen-bond acceptors (Lipinski definition) is 4. The fraction of sp³-hybridized carbons (Fsp3) is 0.138. The SMILES string of the molecule is CCCCc1cc(N(c2ccccc2)c2cccc3oc(-c4ccccc4)cc23)c2ccc3c(C(C)C)cc(N(c4ccccc4)c4cccc5oc(-c6ccccc6)cc45)c4cc(CC)c1c2c34. The molecule has 69 heavy (non-hydrogen) atoms. The zero-order chi connectivity index (χ0) is 46.6. The minimum absolute atomic E-state index is 0.253. The number of nitrogens with zero attached hydrogens (tertiary/aromatic N) is 2. The lowest BCUT2D eigenvalue weighted by Gasteiger charge is -2.32. The molecule has 0 aliphatic rings. The number of benzene rings is 10. The topological polar surface area (TPSA) is 32.8 Å². The van der Waals surface area contributed by atoms with Gasteiger partial charge >= 0.3 is 0 Å². The minimum Gasteiger partial charge on any atom is -0.456 e. The summed E-state index contributed by atoms with van der Waals surface area (Å²) < 4.78 is 13.3. The van der Waals surface area contributed by atoms with Gasteiger partial charge in [0.25, 0.3) is 0 Å². The summed E-state index contributed by atoms with van der Waals surface area (Å²) in [5.41, 5.74) is 14.6. The number of furan rings is 2. The average Bonchev–Trinajstić information content (AvgIpc) is 4.05. The highest BCUT2D eigenvalue weighted by Crippen LogP contribution is 2.53. The lowest BCUT2D eigenvalue weighted by molar-refractivity contribution is 0.631. The molecule has 0 fully saturated rings. The molecule has 2 heterocycles. The maximum atomic E-state index is 6.66. The Morgan fingerprint density at radius 3 is 1.42 bits per heavy atom. The van der Waals surface area contributed by atoms with Gasteiger partial charge in [-0.25, -0.2) is 0 Å². The number of para-hydroxylation sites is 2. The first-order valence-corrected chi connectivity index (χ1v) is 24.7. The Morgan fingerprint density at radius 2 is 0.913 bits per heavy atom. The molecule has 12 aromatic rings. The van der Waals surface area contributed by atoms with Crippen LogP contribution < -0.4 is 9.80 Å². The van der Waals surface area contributed by atoms with E-state index in [4.69, 9.17) is 8.83 Å². The normalized spacial score (nSPS) is 11.8. The number of hydrogen-bond donors (Lipinski definition) is 0. The van der Waals surface area contributed by atoms with Crippen LogP contribution in [0.2, 0.25) is 0 Å². The molecule has 0 unspecified atom stereocenters. The van der Waals surface area contributed by atoms with Crippen molar-refractivity contribution < 1.29 is 8.83 Å². The molecule has 336 valence electrons. The molecule has 0 saturated heterocycles. The van der Waals surface area contributed by atoms with E-state index in [1.54, 1.807) is 0 Å². The van der Waals surface area contributed by atoms with Gasteiger partial charge in [0.05, 0.1) is 22.7 Å². The first-order valence-electron chi connectivity index (χ1n) is 24.7. The summed E-state index contributed by atoms with van der Waals surface area (Å²) in [5, 5.41) is 9.96. The van der Waals surface area contributed by atoms with E-state index in [2.05, 4.69) is 238 Å². The molecule has 12 rings (SSSR count). The van der Waals surface area contributed by atoms with Gasteiger partial charge in [-0.15, -0.1) is 0 Å². The van der Waals surface area contributed by atoms with Gasteiger partial charge in [-0.3, -0.25) is 0 Å². The summed E-state index contributed by atoms with van der Waals surface area (Å²) in [6, 6.07) is 72.4. The summed E-state index contributed by atoms with van der Waals surface area (Å²) in [7, 11) is 0. The molecule has 0 atom stereocenters. The predicted octanol–water partition coefficient (Wildman–Crippen LogP) is 19.4. The molecule has 0 radical (unpaired) electrons. The van der Waals surface area contributed by atoms with E-state index in [0.29, 0.717) is 0 Å². The van der Waals surface area contributed by atoms with Crippen molar-refractivity contribution in [2.45, 2.75) is 59.3 Å². The van der Waals surface area contributed by atoms with E-state index in [0.717, 1.165) is 98.7 Å². The number of unbranched alkanes of at least 4 members (excludes halogenated alkanes) is 1. The van der Waals surface area contributed by atoms with Crippen molar-refractivity contribution in [3.63, 3.8) is 0 Å². The summed E-state index contributed by atoms with van der Waals surface area (Å²) >= 11 is 0. The molecular formula is C65H54N2O2. The standard InChI is InChI=1S/C65H54N2O2/c1-5-7-22-46-38-57(66(47-27-16-10-17-28-47)55-31-20-33-59-52(55)40-61(68-59)44-23-12-8-13-24-44)50-36-35-49-51(42(3)4)39-58(54-37-43(6-2)63(46)65(50)64(49)54)67(48-29-18-11-19-30-48)56-32-21-34-60-53(56)41-62(69-60)45-25-14-9-15-26-45/h8-21,23-42H,5-7,22H2,1-4H3. The molecule has 0 spiro atoms. The first kappa shape index (κ1) is 42.3. The molecule has 0 aliphatic heterocycles. The molecule has 0 aliphatic carbocycles. The Balaban J connectivity index is 1.19. The Morgan fingerprint density at radius 1 is 0.406 bits per heavy atom. The second kappa shape index (κ2) is 17.5. The molecule has 10 aromatic carbocycles. The van der Waals surface area contributed by atoms with Crippen molar-refractivity contribution >= 4 is 88.4 Å². The van der Waals surface area contributed by atoms with Crippen molar-refractivity contribution in [2.24, 2.45) is 0 Å². The van der Waals surface area contributed by atoms with E-state index >= 15 is 0 Å². The Labute approximate surface area is 404 Å². The third-order valence-electron chi connectivity index (χ3n) is 14.1. The molecule has 0 amide bonds. The van der Waals surface area contributed by atoms with Gasteiger partial charge in [0, 0.05) is 49.4 Å². The van der Waals surface area contributed by atoms with Crippen molar-refractivity contribution in [3.8, 4) is 22.6 Å². The monoisotopic (exact) mass is 894 g/mol. The van der Waals surface area contributed by atoms with Gasteiger partial charge in [0.1, 0.15) is 22.7 Å². The molecule has 4 heteroatoms. The van der Waals surface area contributed by atoms with Crippen LogP contribution in [-0.4, -0.2) is 0 Å². The number of anilines is 6. The second-order valence-corrected chi connectivity index (χ2v) is 18.7. The zero-order valence-electron chi connectivity index (χ0n) is 39.7. The highest BCUT2D eigenvalue weighted by Gasteiger charge is 2.28. The van der Waals surface area contributed by atoms with Crippen LogP contribution in [0, 0.1) is 0 Å². The third-order valence-corrected chi connectivity index (χ3v) is 14.1. The summed E-state index contributed by atoms with van der Waals surface area (Å²) in [5.74, 6) is 1.97. The smallest absolute Gasteiger partial charge is 0.136 e. The van der Waals surface area contributed by atoms with Crippen molar-refractivity contribution in [3.05, 3.63) is 217 Å². The fourth-order valence-electron chi connectivity index (χ4n) is 10.9. The maximum absolute atomic E-state index is 6.66. The van der Waals surface area contributed by atoms with Crippen LogP contribution in [0.3, 0.4) is 0 Å². The fourth-order valence-corrected chi connectivity index (χ4v) is 10.9. The Kier molecular flexibility index (Phi) is 10.7. The lowest BCUT2D eigenvalue weighted by Crippen LogP contribution is -2.13. The lowest BCUT2D eigenvalue weighted by atomic mass is 9.82. The van der Waals surface area contributed by atoms with Gasteiger partial charge in [0.2, 0.25) is 0 Å². The number of fused-ring (bicyclic) bond motifs is 2. The summed E-state index contributed by atoms with van der Waals surface area (Å²) in [6.07, 6.45) is 4.08. The van der Waals surface area contributed by atoms with Gasteiger partial charge < -0.3 is 18.6 Å². The van der Waals surface area contributed by atoms with Crippen molar-refractivity contribution in [1.29, 1.82) is 0 Å². The molecule has 0 N–H and O–H groups in total. The zero-order valence-corrected chi connectivity index (χ0v) is 39.7. The molecule has 2 aromatic heterocycles. The van der Waals surface area contributed by atoms with Crippen LogP contribution in [0.25, 0.3) is 76.9 Å². The van der Waals surface area contributed by atoms with E-state index in [9.17, 15) is 0 Å². The molecular weight excluding hydrogens is 841 g/mol. The summed E-state index contributed by atoms with van der Waals surface area (Å²) in [4.78, 5) is 4.98. The summed E-state index contributed by atoms with van der Waals surface area (Å²) in [6.45, 7) is 9.32. The molecule has 0 bridgehead atoms. The predicted molar refractivity (Wildman–Crippen MR) is 292 cm³/mol. The van der Waals surface area contributed by atoms with E-state index in [1.807, 2.05) is 0 Å². The molecule has 0 saturated carbocycles. The number of rotatable bonds is 13. The quantitative estimate of drug-likeness (QED) is 0.108. The van der Waals surface area contributed by atoms with Crippen LogP contribution in [0.5, 0.6) is 0 Å². The Bertz CT molecular complexity index is 3780. The highest BCUT2D eigenvalue weighted by atomic mass is 16.3. The highest BCUT2D eigenvalue weighted by molar-refractivity contribution is 6.30. The van der Waals surface area contributed by atoms with E-state index in [-0.39, 0.29) is 5.92 Å². The van der Waals surface area contributed by atoms with Crippen molar-refractivity contribution in [1.82, 2.24) is 0 Å². The van der Waals surface area contributed by atoms with Gasteiger partial charge in [-0.1, -0.05) is 155 Å². The largest absolute Gasteiger partial charge is 0.456 e. The third kappa shape index (κ3) is 7.21. The first-order chi connectivity index (χ1) is 34.0. The Hall–Kier alpha value is -8.08. The van der Waals surface area contributed by atoms with Gasteiger partial charge in [-0.05, 0) is 137 Å². The molecule has 4 nitrogen and oxygen atoms in total. The van der Waals surface area contributed by atoms with E-state index in [1.165, 1.54) is 54.7 Å².